The van der Waals surface area contributed by atoms with E-state index in [1.54, 1.807) is 6.20 Å². The molecule has 0 spiro atoms. The number of hydrogen-bond acceptors (Lipinski definition) is 4. The van der Waals surface area contributed by atoms with Gasteiger partial charge in [-0.3, -0.25) is 0 Å². The van der Waals surface area contributed by atoms with Crippen LogP contribution in [-0.4, -0.2) is 30.3 Å². The van der Waals surface area contributed by atoms with Gasteiger partial charge in [-0.2, -0.15) is 0 Å². The first kappa shape index (κ1) is 16.2. The van der Waals surface area contributed by atoms with E-state index in [-0.39, 0.29) is 6.10 Å². The summed E-state index contributed by atoms with van der Waals surface area (Å²) in [6.45, 7) is 10.0. The van der Waals surface area contributed by atoms with Crippen molar-refractivity contribution in [3.63, 3.8) is 0 Å². The molecule has 1 rings (SSSR count). The van der Waals surface area contributed by atoms with Crippen LogP contribution in [0.15, 0.2) is 12.3 Å². The van der Waals surface area contributed by atoms with E-state index < -0.39 is 0 Å². The van der Waals surface area contributed by atoms with Gasteiger partial charge in [-0.05, 0) is 25.5 Å². The highest BCUT2D eigenvalue weighted by Crippen LogP contribution is 2.23. The molecule has 108 valence electrons. The second-order valence-corrected chi connectivity index (χ2v) is 5.16. The first-order valence-corrected chi connectivity index (χ1v) is 7.03. The third kappa shape index (κ3) is 6.23. The van der Waals surface area contributed by atoms with E-state index in [1.165, 1.54) is 0 Å². The van der Waals surface area contributed by atoms with Crippen LogP contribution < -0.4 is 10.1 Å². The Morgan fingerprint density at radius 3 is 2.68 bits per heavy atom. The van der Waals surface area contributed by atoms with Crippen LogP contribution in [-0.2, 0) is 11.3 Å². The summed E-state index contributed by atoms with van der Waals surface area (Å²) in [6.07, 6.45) is 1.72. The summed E-state index contributed by atoms with van der Waals surface area (Å²) in [4.78, 5) is 4.25. The number of halogens is 1. The summed E-state index contributed by atoms with van der Waals surface area (Å²) in [5.74, 6) is 0.460. The molecule has 1 N–H and O–H groups in total. The number of nitrogens with zero attached hydrogens (tertiary/aromatic N) is 1. The van der Waals surface area contributed by atoms with Crippen molar-refractivity contribution in [3.8, 4) is 5.88 Å². The Labute approximate surface area is 120 Å². The maximum Gasteiger partial charge on any atom is 0.232 e. The van der Waals surface area contributed by atoms with Crippen LogP contribution in [0, 0.1) is 0 Å². The van der Waals surface area contributed by atoms with Gasteiger partial charge in [0.2, 0.25) is 5.88 Å². The molecular formula is C14H23ClN2O2. The van der Waals surface area contributed by atoms with Crippen LogP contribution in [0.1, 0.15) is 33.3 Å². The van der Waals surface area contributed by atoms with Gasteiger partial charge in [0.15, 0.2) is 0 Å². The summed E-state index contributed by atoms with van der Waals surface area (Å²) in [7, 11) is 0. The maximum atomic E-state index is 6.17. The van der Waals surface area contributed by atoms with Crippen molar-refractivity contribution in [3.05, 3.63) is 22.8 Å². The lowest BCUT2D eigenvalue weighted by Crippen LogP contribution is -2.22. The van der Waals surface area contributed by atoms with Gasteiger partial charge in [0.05, 0.1) is 6.61 Å². The molecule has 0 aliphatic rings. The molecule has 0 bridgehead atoms. The predicted molar refractivity (Wildman–Crippen MR) is 77.8 cm³/mol. The zero-order chi connectivity index (χ0) is 14.3. The molecule has 0 radical (unpaired) electrons. The zero-order valence-corrected chi connectivity index (χ0v) is 12.8. The summed E-state index contributed by atoms with van der Waals surface area (Å²) < 4.78 is 10.9. The van der Waals surface area contributed by atoms with Crippen molar-refractivity contribution in [2.75, 3.05) is 13.2 Å². The van der Waals surface area contributed by atoms with Gasteiger partial charge in [0.25, 0.3) is 0 Å². The van der Waals surface area contributed by atoms with Gasteiger partial charge in [-0.1, -0.05) is 25.4 Å². The number of pyridine rings is 1. The first-order valence-electron chi connectivity index (χ1n) is 6.65. The fourth-order valence-electron chi connectivity index (χ4n) is 1.48. The molecule has 1 atom stereocenters. The lowest BCUT2D eigenvalue weighted by molar-refractivity contribution is 0.0634. The van der Waals surface area contributed by atoms with Crippen molar-refractivity contribution in [2.45, 2.75) is 46.4 Å². The number of aromatic nitrogens is 1. The third-order valence-corrected chi connectivity index (χ3v) is 2.72. The highest BCUT2D eigenvalue weighted by Gasteiger charge is 2.10. The van der Waals surface area contributed by atoms with E-state index in [9.17, 15) is 0 Å². The molecule has 1 unspecified atom stereocenters. The van der Waals surface area contributed by atoms with E-state index >= 15 is 0 Å². The topological polar surface area (TPSA) is 43.4 Å². The average Bonchev–Trinajstić information content (AvgIpc) is 2.36. The van der Waals surface area contributed by atoms with Gasteiger partial charge >= 0.3 is 0 Å². The molecule has 5 heteroatoms. The van der Waals surface area contributed by atoms with Gasteiger partial charge in [-0.15, -0.1) is 0 Å². The quantitative estimate of drug-likeness (QED) is 0.798. The SMILES string of the molecule is CCOCC(C)Oc1ncc(CNC(C)C)cc1Cl. The fraction of sp³-hybridized carbons (Fsp3) is 0.643. The van der Waals surface area contributed by atoms with E-state index in [0.717, 1.165) is 12.1 Å². The minimum absolute atomic E-state index is 0.0652. The minimum atomic E-state index is -0.0652. The molecule has 1 aromatic rings. The van der Waals surface area contributed by atoms with Crippen LogP contribution in [0.2, 0.25) is 5.02 Å². The molecule has 0 aromatic carbocycles. The monoisotopic (exact) mass is 286 g/mol. The first-order chi connectivity index (χ1) is 9.02. The van der Waals surface area contributed by atoms with Gasteiger partial charge < -0.3 is 14.8 Å². The second-order valence-electron chi connectivity index (χ2n) is 4.75. The Hall–Kier alpha value is -0.840. The maximum absolute atomic E-state index is 6.17. The number of hydrogen-bond donors (Lipinski definition) is 1. The van der Waals surface area contributed by atoms with E-state index in [1.807, 2.05) is 19.9 Å². The van der Waals surface area contributed by atoms with Crippen molar-refractivity contribution in [2.24, 2.45) is 0 Å². The molecular weight excluding hydrogens is 264 g/mol. The average molecular weight is 287 g/mol. The van der Waals surface area contributed by atoms with Gasteiger partial charge in [0, 0.05) is 25.4 Å². The largest absolute Gasteiger partial charge is 0.471 e. The molecule has 0 fully saturated rings. The molecule has 4 nitrogen and oxygen atoms in total. The van der Waals surface area contributed by atoms with E-state index in [2.05, 4.69) is 24.1 Å². The Balaban J connectivity index is 2.56. The van der Waals surface area contributed by atoms with Crippen LogP contribution in [0.25, 0.3) is 0 Å². The molecule has 19 heavy (non-hydrogen) atoms. The fourth-order valence-corrected chi connectivity index (χ4v) is 1.71. The Kier molecular flexibility index (Phi) is 7.13. The standard InChI is InChI=1S/C14H23ClN2O2/c1-5-18-9-11(4)19-14-13(15)6-12(8-17-14)7-16-10(2)3/h6,8,10-11,16H,5,7,9H2,1-4H3. The van der Waals surface area contributed by atoms with Crippen molar-refractivity contribution >= 4 is 11.6 Å². The highest BCUT2D eigenvalue weighted by atomic mass is 35.5. The van der Waals surface area contributed by atoms with Crippen LogP contribution in [0.5, 0.6) is 5.88 Å². The predicted octanol–water partition coefficient (Wildman–Crippen LogP) is 3.04. The molecule has 0 aliphatic heterocycles. The van der Waals surface area contributed by atoms with Crippen molar-refractivity contribution in [1.82, 2.24) is 10.3 Å². The molecule has 0 aliphatic carbocycles. The van der Waals surface area contributed by atoms with Crippen molar-refractivity contribution in [1.29, 1.82) is 0 Å². The van der Waals surface area contributed by atoms with Crippen LogP contribution in [0.4, 0.5) is 0 Å². The van der Waals surface area contributed by atoms with Gasteiger partial charge in [0.1, 0.15) is 11.1 Å². The summed E-state index contributed by atoms with van der Waals surface area (Å²) >= 11 is 6.17. The van der Waals surface area contributed by atoms with E-state index in [4.69, 9.17) is 21.1 Å². The van der Waals surface area contributed by atoms with Crippen LogP contribution >= 0.6 is 11.6 Å². The summed E-state index contributed by atoms with van der Waals surface area (Å²) in [5, 5.41) is 3.85. The lowest BCUT2D eigenvalue weighted by Gasteiger charge is -2.15. The second kappa shape index (κ2) is 8.35. The highest BCUT2D eigenvalue weighted by molar-refractivity contribution is 6.31. The number of rotatable bonds is 8. The zero-order valence-electron chi connectivity index (χ0n) is 12.1. The van der Waals surface area contributed by atoms with Crippen LogP contribution in [0.3, 0.4) is 0 Å². The molecule has 1 heterocycles. The van der Waals surface area contributed by atoms with Gasteiger partial charge in [-0.25, -0.2) is 4.98 Å². The molecule has 0 amide bonds. The minimum Gasteiger partial charge on any atom is -0.471 e. The van der Waals surface area contributed by atoms with Crippen molar-refractivity contribution < 1.29 is 9.47 Å². The molecule has 0 saturated heterocycles. The number of nitrogens with one attached hydrogen (secondary N) is 1. The Morgan fingerprint density at radius 2 is 2.11 bits per heavy atom. The molecule has 0 saturated carbocycles. The lowest BCUT2D eigenvalue weighted by atomic mass is 10.2. The Bertz CT molecular complexity index is 386. The normalized spacial score (nSPS) is 12.7. The molecule has 1 aromatic heterocycles. The Morgan fingerprint density at radius 1 is 1.37 bits per heavy atom. The third-order valence-electron chi connectivity index (χ3n) is 2.45. The summed E-state index contributed by atoms with van der Waals surface area (Å²) in [5.41, 5.74) is 1.04. The van der Waals surface area contributed by atoms with E-state index in [0.29, 0.717) is 30.2 Å². The number of ether oxygens (including phenoxy) is 2. The summed E-state index contributed by atoms with van der Waals surface area (Å²) in [6, 6.07) is 2.31. The smallest absolute Gasteiger partial charge is 0.232 e.